The van der Waals surface area contributed by atoms with Gasteiger partial charge in [-0.15, -0.1) is 0 Å². The number of benzene rings is 2. The van der Waals surface area contributed by atoms with E-state index >= 15 is 0 Å². The van der Waals surface area contributed by atoms with Crippen molar-refractivity contribution in [3.05, 3.63) is 52.0 Å². The minimum atomic E-state index is -0.1000. The van der Waals surface area contributed by atoms with Gasteiger partial charge in [0.2, 0.25) is 0 Å². The van der Waals surface area contributed by atoms with Crippen molar-refractivity contribution in [1.82, 2.24) is 0 Å². The maximum absolute atomic E-state index is 9.40. The second kappa shape index (κ2) is 5.31. The number of rotatable bonds is 3. The van der Waals surface area contributed by atoms with Gasteiger partial charge >= 0.3 is 0 Å². The summed E-state index contributed by atoms with van der Waals surface area (Å²) in [5.41, 5.74) is 3.08. The van der Waals surface area contributed by atoms with Crippen molar-refractivity contribution in [3.8, 4) is 11.5 Å². The number of nitrogens with one attached hydrogen (secondary N) is 1. The largest absolute Gasteiger partial charge is 0.504 e. The Morgan fingerprint density at radius 3 is 2.50 bits per heavy atom. The summed E-state index contributed by atoms with van der Waals surface area (Å²) >= 11 is 3.45. The van der Waals surface area contributed by atoms with Crippen molar-refractivity contribution in [2.24, 2.45) is 0 Å². The van der Waals surface area contributed by atoms with E-state index in [-0.39, 0.29) is 11.5 Å². The third kappa shape index (κ3) is 3.17. The van der Waals surface area contributed by atoms with E-state index in [4.69, 9.17) is 0 Å². The molecule has 2 aromatic carbocycles. The molecule has 2 rings (SSSR count). The van der Waals surface area contributed by atoms with Crippen LogP contribution in [0.2, 0.25) is 0 Å². The van der Waals surface area contributed by atoms with E-state index in [1.54, 1.807) is 12.1 Å². The van der Waals surface area contributed by atoms with Gasteiger partial charge in [0.15, 0.2) is 11.5 Å². The molecular formula is C14H14BrNO2. The van der Waals surface area contributed by atoms with Crippen LogP contribution in [0.4, 0.5) is 5.69 Å². The van der Waals surface area contributed by atoms with E-state index < -0.39 is 0 Å². The summed E-state index contributed by atoms with van der Waals surface area (Å²) in [4.78, 5) is 0. The molecule has 0 aliphatic rings. The predicted molar refractivity (Wildman–Crippen MR) is 76.0 cm³/mol. The van der Waals surface area contributed by atoms with Crippen LogP contribution >= 0.6 is 15.9 Å². The number of phenolic OH excluding ortho intramolecular Hbond substituents is 2. The molecule has 0 spiro atoms. The Kier molecular flexibility index (Phi) is 3.77. The summed E-state index contributed by atoms with van der Waals surface area (Å²) in [7, 11) is 0. The summed E-state index contributed by atoms with van der Waals surface area (Å²) in [6.07, 6.45) is 0. The summed E-state index contributed by atoms with van der Waals surface area (Å²) in [5.74, 6) is -0.197. The fourth-order valence-corrected chi connectivity index (χ4v) is 2.33. The van der Waals surface area contributed by atoms with Gasteiger partial charge in [0.1, 0.15) is 0 Å². The van der Waals surface area contributed by atoms with Gasteiger partial charge in [-0.25, -0.2) is 0 Å². The first-order valence-corrected chi connectivity index (χ1v) is 6.36. The van der Waals surface area contributed by atoms with Gasteiger partial charge in [0, 0.05) is 16.7 Å². The van der Waals surface area contributed by atoms with E-state index in [2.05, 4.69) is 21.2 Å². The molecule has 0 aliphatic carbocycles. The minimum Gasteiger partial charge on any atom is -0.504 e. The smallest absolute Gasteiger partial charge is 0.157 e. The van der Waals surface area contributed by atoms with E-state index in [9.17, 15) is 10.2 Å². The number of hydrogen-bond acceptors (Lipinski definition) is 3. The zero-order chi connectivity index (χ0) is 13.1. The fourth-order valence-electron chi connectivity index (χ4n) is 1.72. The Balaban J connectivity index is 2.08. The molecule has 2 aromatic rings. The lowest BCUT2D eigenvalue weighted by Gasteiger charge is -2.09. The Labute approximate surface area is 114 Å². The molecule has 0 bridgehead atoms. The van der Waals surface area contributed by atoms with Gasteiger partial charge in [0.05, 0.1) is 0 Å². The normalized spacial score (nSPS) is 10.3. The summed E-state index contributed by atoms with van der Waals surface area (Å²) in [5, 5.41) is 21.9. The quantitative estimate of drug-likeness (QED) is 0.756. The van der Waals surface area contributed by atoms with Crippen molar-refractivity contribution in [3.63, 3.8) is 0 Å². The Morgan fingerprint density at radius 2 is 1.83 bits per heavy atom. The molecule has 3 nitrogen and oxygen atoms in total. The molecule has 0 radical (unpaired) electrons. The van der Waals surface area contributed by atoms with Crippen LogP contribution in [0.15, 0.2) is 40.9 Å². The van der Waals surface area contributed by atoms with Crippen LogP contribution in [0.25, 0.3) is 0 Å². The molecule has 0 aliphatic heterocycles. The van der Waals surface area contributed by atoms with Gasteiger partial charge in [-0.2, -0.15) is 0 Å². The number of phenols is 2. The van der Waals surface area contributed by atoms with Crippen molar-refractivity contribution in [2.75, 3.05) is 5.32 Å². The molecule has 18 heavy (non-hydrogen) atoms. The lowest BCUT2D eigenvalue weighted by Crippen LogP contribution is -1.99. The van der Waals surface area contributed by atoms with Crippen molar-refractivity contribution < 1.29 is 10.2 Å². The first-order chi connectivity index (χ1) is 8.54. The predicted octanol–water partition coefficient (Wildman–Crippen LogP) is 3.78. The van der Waals surface area contributed by atoms with Crippen LogP contribution in [0.5, 0.6) is 11.5 Å². The standard InChI is InChI=1S/C14H14BrNO2/c1-9-4-11(15)7-12(5-9)16-8-10-2-3-13(17)14(18)6-10/h2-7,16-18H,8H2,1H3. The molecule has 0 aromatic heterocycles. The fraction of sp³-hybridized carbons (Fsp3) is 0.143. The average Bonchev–Trinajstić information content (AvgIpc) is 2.29. The molecule has 0 saturated carbocycles. The van der Waals surface area contributed by atoms with Crippen LogP contribution in [0.1, 0.15) is 11.1 Å². The highest BCUT2D eigenvalue weighted by Crippen LogP contribution is 2.25. The monoisotopic (exact) mass is 307 g/mol. The molecule has 0 heterocycles. The summed E-state index contributed by atoms with van der Waals surface area (Å²) < 4.78 is 1.03. The second-order valence-corrected chi connectivity index (χ2v) is 5.11. The van der Waals surface area contributed by atoms with Gasteiger partial charge in [0.25, 0.3) is 0 Å². The highest BCUT2D eigenvalue weighted by molar-refractivity contribution is 9.10. The Bertz CT molecular complexity index is 549. The first kappa shape index (κ1) is 12.8. The second-order valence-electron chi connectivity index (χ2n) is 4.19. The summed E-state index contributed by atoms with van der Waals surface area (Å²) in [6, 6.07) is 10.9. The van der Waals surface area contributed by atoms with Crippen LogP contribution in [-0.2, 0) is 6.54 Å². The number of aryl methyl sites for hydroxylation is 1. The zero-order valence-corrected chi connectivity index (χ0v) is 11.5. The van der Waals surface area contributed by atoms with Gasteiger partial charge < -0.3 is 15.5 Å². The third-order valence-corrected chi connectivity index (χ3v) is 3.04. The lowest BCUT2D eigenvalue weighted by molar-refractivity contribution is 0.403. The first-order valence-electron chi connectivity index (χ1n) is 5.56. The van der Waals surface area contributed by atoms with Crippen molar-refractivity contribution in [1.29, 1.82) is 0 Å². The maximum atomic E-state index is 9.40. The number of halogens is 1. The third-order valence-electron chi connectivity index (χ3n) is 2.58. The van der Waals surface area contributed by atoms with Crippen molar-refractivity contribution in [2.45, 2.75) is 13.5 Å². The molecule has 4 heteroatoms. The van der Waals surface area contributed by atoms with Gasteiger partial charge in [-0.05, 0) is 48.4 Å². The van der Waals surface area contributed by atoms with Gasteiger partial charge in [-0.3, -0.25) is 0 Å². The van der Waals surface area contributed by atoms with E-state index in [1.807, 2.05) is 25.1 Å². The molecule has 3 N–H and O–H groups in total. The van der Waals surface area contributed by atoms with Gasteiger partial charge in [-0.1, -0.05) is 22.0 Å². The average molecular weight is 308 g/mol. The van der Waals surface area contributed by atoms with Crippen molar-refractivity contribution >= 4 is 21.6 Å². The molecule has 0 atom stereocenters. The minimum absolute atomic E-state index is 0.0975. The molecule has 0 fully saturated rings. The molecule has 0 amide bonds. The SMILES string of the molecule is Cc1cc(Br)cc(NCc2ccc(O)c(O)c2)c1. The molecule has 94 valence electrons. The highest BCUT2D eigenvalue weighted by atomic mass is 79.9. The maximum Gasteiger partial charge on any atom is 0.157 e. The van der Waals surface area contributed by atoms with Crippen LogP contribution < -0.4 is 5.32 Å². The lowest BCUT2D eigenvalue weighted by atomic mass is 10.2. The summed E-state index contributed by atoms with van der Waals surface area (Å²) in [6.45, 7) is 2.62. The highest BCUT2D eigenvalue weighted by Gasteiger charge is 2.01. The molecular weight excluding hydrogens is 294 g/mol. The Morgan fingerprint density at radius 1 is 1.06 bits per heavy atom. The number of aromatic hydroxyl groups is 2. The van der Waals surface area contributed by atoms with E-state index in [1.165, 1.54) is 11.6 Å². The molecule has 0 saturated heterocycles. The Hall–Kier alpha value is -1.68. The van der Waals surface area contributed by atoms with E-state index in [0.717, 1.165) is 15.7 Å². The van der Waals surface area contributed by atoms with E-state index in [0.29, 0.717) is 6.54 Å². The van der Waals surface area contributed by atoms with Crippen LogP contribution in [0.3, 0.4) is 0 Å². The number of hydrogen-bond donors (Lipinski definition) is 3. The van der Waals surface area contributed by atoms with Crippen LogP contribution in [-0.4, -0.2) is 10.2 Å². The number of anilines is 1. The zero-order valence-electron chi connectivity index (χ0n) is 9.94. The van der Waals surface area contributed by atoms with Crippen LogP contribution in [0, 0.1) is 6.92 Å². The molecule has 0 unspecified atom stereocenters. The topological polar surface area (TPSA) is 52.5 Å².